The van der Waals surface area contributed by atoms with Gasteiger partial charge in [-0.3, -0.25) is 0 Å². The zero-order valence-corrected chi connectivity index (χ0v) is 4.94. The Labute approximate surface area is 47.7 Å². The molecule has 0 aliphatic carbocycles. The fraction of sp³-hybridized carbons (Fsp3) is 1.00. The number of alkyl halides is 1. The van der Waals surface area contributed by atoms with E-state index in [1.165, 1.54) is 6.92 Å². The molecule has 0 aromatic rings. The van der Waals surface area contributed by atoms with Gasteiger partial charge in [-0.25, -0.2) is 0 Å². The second-order valence-corrected chi connectivity index (χ2v) is 2.06. The largest absolute Gasteiger partial charge is 0.393 e. The van der Waals surface area contributed by atoms with Crippen molar-refractivity contribution in [3.05, 3.63) is 0 Å². The van der Waals surface area contributed by atoms with E-state index in [-0.39, 0.29) is 12.5 Å². The lowest BCUT2D eigenvalue weighted by molar-refractivity contribution is 0.0213. The molecule has 2 nitrogen and oxygen atoms in total. The summed E-state index contributed by atoms with van der Waals surface area (Å²) in [6.45, 7) is 1.19. The van der Waals surface area contributed by atoms with Crippen molar-refractivity contribution >= 4 is 11.6 Å². The van der Waals surface area contributed by atoms with Crippen molar-refractivity contribution in [2.75, 3.05) is 12.5 Å². The van der Waals surface area contributed by atoms with E-state index in [2.05, 4.69) is 0 Å². The molecule has 0 aliphatic rings. The van der Waals surface area contributed by atoms with Crippen LogP contribution in [0.1, 0.15) is 6.92 Å². The van der Waals surface area contributed by atoms with Gasteiger partial charge in [0.15, 0.2) is 0 Å². The zero-order valence-electron chi connectivity index (χ0n) is 4.19. The predicted octanol–water partition coefficient (Wildman–Crippen LogP) is -0.0315. The van der Waals surface area contributed by atoms with Gasteiger partial charge < -0.3 is 10.2 Å². The van der Waals surface area contributed by atoms with Crippen LogP contribution < -0.4 is 0 Å². The first-order chi connectivity index (χ1) is 3.12. The van der Waals surface area contributed by atoms with Gasteiger partial charge >= 0.3 is 0 Å². The Morgan fingerprint density at radius 2 is 2.14 bits per heavy atom. The highest BCUT2D eigenvalue weighted by atomic mass is 35.5. The van der Waals surface area contributed by atoms with Crippen molar-refractivity contribution in [3.8, 4) is 0 Å². The van der Waals surface area contributed by atoms with E-state index < -0.39 is 5.60 Å². The number of hydrogen-bond donors (Lipinski definition) is 2. The van der Waals surface area contributed by atoms with Crippen LogP contribution in [0.25, 0.3) is 0 Å². The first-order valence-electron chi connectivity index (χ1n) is 2.01. The van der Waals surface area contributed by atoms with Crippen LogP contribution in [-0.4, -0.2) is 28.3 Å². The lowest BCUT2D eigenvalue weighted by atomic mass is 10.2. The van der Waals surface area contributed by atoms with E-state index in [0.29, 0.717) is 0 Å². The van der Waals surface area contributed by atoms with E-state index in [9.17, 15) is 0 Å². The van der Waals surface area contributed by atoms with Crippen LogP contribution in [0.15, 0.2) is 0 Å². The van der Waals surface area contributed by atoms with Gasteiger partial charge in [0, 0.05) is 0 Å². The molecule has 0 aliphatic heterocycles. The normalized spacial score (nSPS) is 18.9. The minimum absolute atomic E-state index is 0.0729. The van der Waals surface area contributed by atoms with Crippen LogP contribution in [0.4, 0.5) is 0 Å². The molecular formula is C4H9ClO2. The average molecular weight is 125 g/mol. The molecule has 2 N–H and O–H groups in total. The molecule has 0 bridgehead atoms. The Balaban J connectivity index is 3.36. The van der Waals surface area contributed by atoms with E-state index in [4.69, 9.17) is 21.8 Å². The SMILES string of the molecule is C[C@](O)(CO)CCl. The smallest absolute Gasteiger partial charge is 0.0983 e. The Morgan fingerprint density at radius 1 is 1.71 bits per heavy atom. The maximum atomic E-state index is 8.75. The van der Waals surface area contributed by atoms with Gasteiger partial charge in [0.05, 0.1) is 18.1 Å². The van der Waals surface area contributed by atoms with Crippen molar-refractivity contribution in [2.45, 2.75) is 12.5 Å². The molecule has 0 saturated carbocycles. The molecule has 0 rings (SSSR count). The van der Waals surface area contributed by atoms with Crippen molar-refractivity contribution in [1.29, 1.82) is 0 Å². The van der Waals surface area contributed by atoms with Gasteiger partial charge in [-0.1, -0.05) is 0 Å². The highest BCUT2D eigenvalue weighted by Crippen LogP contribution is 2.01. The molecule has 0 aromatic carbocycles. The summed E-state index contributed by atoms with van der Waals surface area (Å²) in [4.78, 5) is 0. The monoisotopic (exact) mass is 124 g/mol. The molecule has 1 atom stereocenters. The van der Waals surface area contributed by atoms with Crippen molar-refractivity contribution in [1.82, 2.24) is 0 Å². The molecule has 0 heterocycles. The van der Waals surface area contributed by atoms with Crippen LogP contribution in [0, 0.1) is 0 Å². The summed E-state index contributed by atoms with van der Waals surface area (Å²) in [5.41, 5.74) is -1.10. The maximum absolute atomic E-state index is 8.75. The number of rotatable bonds is 2. The summed E-state index contributed by atoms with van der Waals surface area (Å²) in [6, 6.07) is 0. The first kappa shape index (κ1) is 7.21. The van der Waals surface area contributed by atoms with Gasteiger partial charge in [-0.15, -0.1) is 11.6 Å². The van der Waals surface area contributed by atoms with Gasteiger partial charge in [0.1, 0.15) is 0 Å². The van der Waals surface area contributed by atoms with Crippen molar-refractivity contribution in [2.24, 2.45) is 0 Å². The van der Waals surface area contributed by atoms with Crippen LogP contribution in [0.3, 0.4) is 0 Å². The van der Waals surface area contributed by atoms with E-state index in [1.54, 1.807) is 0 Å². The second kappa shape index (κ2) is 2.50. The van der Waals surface area contributed by atoms with Crippen LogP contribution in [0.2, 0.25) is 0 Å². The van der Waals surface area contributed by atoms with Gasteiger partial charge in [-0.2, -0.15) is 0 Å². The zero-order chi connectivity index (χ0) is 5.91. The standard InChI is InChI=1S/C4H9ClO2/c1-4(7,2-5)3-6/h6-7H,2-3H2,1H3/t4-/m1/s1. The lowest BCUT2D eigenvalue weighted by Gasteiger charge is -2.14. The molecule has 44 valence electrons. The summed E-state index contributed by atoms with van der Waals surface area (Å²) in [6.07, 6.45) is 0. The summed E-state index contributed by atoms with van der Waals surface area (Å²) in [5, 5.41) is 17.0. The Hall–Kier alpha value is 0.210. The fourth-order valence-corrected chi connectivity index (χ4v) is 0.127. The molecule has 0 radical (unpaired) electrons. The molecule has 0 saturated heterocycles. The third-order valence-corrected chi connectivity index (χ3v) is 1.20. The highest BCUT2D eigenvalue weighted by molar-refractivity contribution is 6.18. The number of halogens is 1. The molecule has 7 heavy (non-hydrogen) atoms. The Morgan fingerprint density at radius 3 is 2.14 bits per heavy atom. The van der Waals surface area contributed by atoms with E-state index >= 15 is 0 Å². The molecule has 3 heteroatoms. The van der Waals surface area contributed by atoms with Crippen LogP contribution >= 0.6 is 11.6 Å². The Kier molecular flexibility index (Phi) is 2.58. The molecular weight excluding hydrogens is 115 g/mol. The topological polar surface area (TPSA) is 40.5 Å². The highest BCUT2D eigenvalue weighted by Gasteiger charge is 2.15. The average Bonchev–Trinajstić information content (AvgIpc) is 1.68. The van der Waals surface area contributed by atoms with Crippen molar-refractivity contribution in [3.63, 3.8) is 0 Å². The first-order valence-corrected chi connectivity index (χ1v) is 2.55. The number of aliphatic hydroxyl groups is 2. The van der Waals surface area contributed by atoms with Gasteiger partial charge in [-0.05, 0) is 6.92 Å². The fourth-order valence-electron chi connectivity index (χ4n) is 0.0423. The minimum Gasteiger partial charge on any atom is -0.393 e. The van der Waals surface area contributed by atoms with Gasteiger partial charge in [0.25, 0.3) is 0 Å². The summed E-state index contributed by atoms with van der Waals surface area (Å²) in [5.74, 6) is 0.0729. The molecule has 0 spiro atoms. The third-order valence-electron chi connectivity index (χ3n) is 0.629. The quantitative estimate of drug-likeness (QED) is 0.508. The number of hydrogen-bond acceptors (Lipinski definition) is 2. The van der Waals surface area contributed by atoms with Crippen molar-refractivity contribution < 1.29 is 10.2 Å². The second-order valence-electron chi connectivity index (χ2n) is 1.79. The summed E-state index contributed by atoms with van der Waals surface area (Å²) < 4.78 is 0. The molecule has 0 unspecified atom stereocenters. The number of aliphatic hydroxyl groups excluding tert-OH is 1. The molecule has 0 aromatic heterocycles. The van der Waals surface area contributed by atoms with Crippen LogP contribution in [-0.2, 0) is 0 Å². The molecule has 0 fully saturated rings. The predicted molar refractivity (Wildman–Crippen MR) is 28.4 cm³/mol. The maximum Gasteiger partial charge on any atom is 0.0983 e. The van der Waals surface area contributed by atoms with Gasteiger partial charge in [0.2, 0.25) is 0 Å². The van der Waals surface area contributed by atoms with E-state index in [0.717, 1.165) is 0 Å². The summed E-state index contributed by atoms with van der Waals surface area (Å²) in [7, 11) is 0. The minimum atomic E-state index is -1.10. The van der Waals surface area contributed by atoms with Crippen LogP contribution in [0.5, 0.6) is 0 Å². The van der Waals surface area contributed by atoms with E-state index in [1.807, 2.05) is 0 Å². The summed E-state index contributed by atoms with van der Waals surface area (Å²) >= 11 is 5.18. The Bertz CT molecular complexity index is 47.7. The third kappa shape index (κ3) is 2.85. The lowest BCUT2D eigenvalue weighted by Crippen LogP contribution is -2.30. The molecule has 0 amide bonds.